The third-order valence-electron chi connectivity index (χ3n) is 5.69. The normalized spacial score (nSPS) is 12.0. The van der Waals surface area contributed by atoms with Gasteiger partial charge in [0.1, 0.15) is 17.1 Å². The maximum Gasteiger partial charge on any atom is 0.145 e. The highest BCUT2D eigenvalue weighted by Gasteiger charge is 2.23. The molecule has 0 spiro atoms. The van der Waals surface area contributed by atoms with Crippen molar-refractivity contribution >= 4 is 61.2 Å². The molecule has 3 heterocycles. The Kier molecular flexibility index (Phi) is 4.07. The van der Waals surface area contributed by atoms with E-state index in [1.54, 1.807) is 6.07 Å². The van der Waals surface area contributed by atoms with E-state index in [1.807, 2.05) is 51.1 Å². The summed E-state index contributed by atoms with van der Waals surface area (Å²) < 4.78 is 8.63. The molecule has 0 fully saturated rings. The zero-order chi connectivity index (χ0) is 21.0. The molecule has 3 nitrogen and oxygen atoms in total. The van der Waals surface area contributed by atoms with Gasteiger partial charge in [-0.25, -0.2) is 0 Å². The van der Waals surface area contributed by atoms with E-state index in [0.717, 1.165) is 55.0 Å². The lowest BCUT2D eigenvalue weighted by atomic mass is 10.0. The molecule has 6 rings (SSSR count). The SMILES string of the molecule is C=Cc1c(/C=C\C)oc2c1cc1c3cc(O)ccc3n3c4ccccc4c2c13.CC. The quantitative estimate of drug-likeness (QED) is 0.324. The molecule has 0 atom stereocenters. The van der Waals surface area contributed by atoms with Gasteiger partial charge in [-0.1, -0.05) is 50.8 Å². The first kappa shape index (κ1) is 18.3. The maximum absolute atomic E-state index is 10.1. The van der Waals surface area contributed by atoms with Gasteiger partial charge in [0.25, 0.3) is 0 Å². The number of aromatic hydroxyl groups is 1. The van der Waals surface area contributed by atoms with Crippen molar-refractivity contribution in [3.8, 4) is 5.75 Å². The molecule has 0 amide bonds. The lowest BCUT2D eigenvalue weighted by Gasteiger charge is -1.99. The van der Waals surface area contributed by atoms with Gasteiger partial charge in [-0.05, 0) is 43.3 Å². The van der Waals surface area contributed by atoms with E-state index < -0.39 is 0 Å². The minimum atomic E-state index is 0.271. The highest BCUT2D eigenvalue weighted by Crippen LogP contribution is 2.45. The first-order valence-corrected chi connectivity index (χ1v) is 10.3. The molecule has 148 valence electrons. The van der Waals surface area contributed by atoms with Crippen molar-refractivity contribution in [2.75, 3.05) is 0 Å². The van der Waals surface area contributed by atoms with Crippen LogP contribution in [0.3, 0.4) is 0 Å². The van der Waals surface area contributed by atoms with Crippen LogP contribution in [0.15, 0.2) is 65.6 Å². The summed E-state index contributed by atoms with van der Waals surface area (Å²) in [4.78, 5) is 0. The molecule has 0 radical (unpaired) electrons. The second-order valence-corrected chi connectivity index (χ2v) is 7.16. The molecule has 30 heavy (non-hydrogen) atoms. The van der Waals surface area contributed by atoms with Gasteiger partial charge in [0.05, 0.1) is 21.9 Å². The van der Waals surface area contributed by atoms with Gasteiger partial charge in [0.15, 0.2) is 0 Å². The number of phenols is 1. The number of benzene rings is 3. The topological polar surface area (TPSA) is 37.8 Å². The Morgan fingerprint density at radius 1 is 0.933 bits per heavy atom. The summed E-state index contributed by atoms with van der Waals surface area (Å²) >= 11 is 0. The highest BCUT2D eigenvalue weighted by molar-refractivity contribution is 6.31. The molecule has 0 aliphatic heterocycles. The molecule has 6 aromatic rings. The summed E-state index contributed by atoms with van der Waals surface area (Å²) in [5.41, 5.74) is 5.23. The summed E-state index contributed by atoms with van der Waals surface area (Å²) in [5.74, 6) is 1.09. The number of para-hydroxylation sites is 1. The number of nitrogens with zero attached hydrogens (tertiary/aromatic N) is 1. The van der Waals surface area contributed by atoms with Crippen molar-refractivity contribution in [2.45, 2.75) is 20.8 Å². The number of fused-ring (bicyclic) bond motifs is 8. The van der Waals surface area contributed by atoms with Crippen LogP contribution >= 0.6 is 0 Å². The third-order valence-corrected chi connectivity index (χ3v) is 5.69. The van der Waals surface area contributed by atoms with Crippen LogP contribution in [0.4, 0.5) is 0 Å². The monoisotopic (exact) mass is 393 g/mol. The molecule has 3 aromatic heterocycles. The fourth-order valence-electron chi connectivity index (χ4n) is 4.62. The van der Waals surface area contributed by atoms with Crippen LogP contribution in [0.5, 0.6) is 5.75 Å². The van der Waals surface area contributed by atoms with Gasteiger partial charge in [-0.15, -0.1) is 0 Å². The molecule has 1 N–H and O–H groups in total. The zero-order valence-electron chi connectivity index (χ0n) is 17.4. The number of allylic oxidation sites excluding steroid dienone is 1. The molecule has 0 bridgehead atoms. The fourth-order valence-corrected chi connectivity index (χ4v) is 4.62. The molecule has 3 heteroatoms. The number of phenolic OH excluding ortho intramolecular Hbond substituents is 1. The van der Waals surface area contributed by atoms with E-state index in [1.165, 1.54) is 5.39 Å². The zero-order valence-corrected chi connectivity index (χ0v) is 17.4. The van der Waals surface area contributed by atoms with Crippen LogP contribution in [0.25, 0.3) is 61.2 Å². The minimum absolute atomic E-state index is 0.271. The number of hydrogen-bond donors (Lipinski definition) is 1. The lowest BCUT2D eigenvalue weighted by molar-refractivity contribution is 0.476. The average Bonchev–Trinajstić information content (AvgIpc) is 3.40. The Morgan fingerprint density at radius 2 is 1.70 bits per heavy atom. The number of rotatable bonds is 2. The summed E-state index contributed by atoms with van der Waals surface area (Å²) in [6, 6.07) is 16.2. The lowest BCUT2D eigenvalue weighted by Crippen LogP contribution is -1.79. The van der Waals surface area contributed by atoms with Crippen molar-refractivity contribution in [1.29, 1.82) is 0 Å². The van der Waals surface area contributed by atoms with E-state index in [9.17, 15) is 5.11 Å². The van der Waals surface area contributed by atoms with Gasteiger partial charge < -0.3 is 13.9 Å². The van der Waals surface area contributed by atoms with Crippen molar-refractivity contribution in [3.05, 3.63) is 72.5 Å². The van der Waals surface area contributed by atoms with Gasteiger partial charge >= 0.3 is 0 Å². The Morgan fingerprint density at radius 3 is 2.47 bits per heavy atom. The molecule has 0 saturated heterocycles. The second-order valence-electron chi connectivity index (χ2n) is 7.16. The van der Waals surface area contributed by atoms with E-state index in [4.69, 9.17) is 4.42 Å². The number of furan rings is 1. The van der Waals surface area contributed by atoms with Crippen LogP contribution in [0, 0.1) is 0 Å². The Balaban J connectivity index is 0.000000937. The third kappa shape index (κ3) is 2.20. The van der Waals surface area contributed by atoms with E-state index >= 15 is 0 Å². The van der Waals surface area contributed by atoms with Crippen molar-refractivity contribution < 1.29 is 9.52 Å². The smallest absolute Gasteiger partial charge is 0.145 e. The predicted octanol–water partition coefficient (Wildman–Crippen LogP) is 7.99. The predicted molar refractivity (Wildman–Crippen MR) is 129 cm³/mol. The first-order valence-electron chi connectivity index (χ1n) is 10.3. The first-order chi connectivity index (χ1) is 14.7. The summed E-state index contributed by atoms with van der Waals surface area (Å²) in [6.07, 6.45) is 5.82. The fraction of sp³-hybridized carbons (Fsp3) is 0.111. The summed E-state index contributed by atoms with van der Waals surface area (Å²) in [6.45, 7) is 10.00. The Hall–Kier alpha value is -3.72. The van der Waals surface area contributed by atoms with Crippen molar-refractivity contribution in [2.24, 2.45) is 0 Å². The van der Waals surface area contributed by atoms with Gasteiger partial charge in [-0.2, -0.15) is 0 Å². The van der Waals surface area contributed by atoms with Gasteiger partial charge in [-0.3, -0.25) is 0 Å². The molecule has 0 aliphatic rings. The average molecular weight is 393 g/mol. The van der Waals surface area contributed by atoms with E-state index in [0.29, 0.717) is 0 Å². The molecule has 0 unspecified atom stereocenters. The van der Waals surface area contributed by atoms with E-state index in [2.05, 4.69) is 41.3 Å². The molecule has 0 saturated carbocycles. The van der Waals surface area contributed by atoms with Gasteiger partial charge in [0, 0.05) is 27.1 Å². The Bertz CT molecular complexity index is 1590. The minimum Gasteiger partial charge on any atom is -0.508 e. The molecular weight excluding hydrogens is 370 g/mol. The molecule has 3 aromatic carbocycles. The second kappa shape index (κ2) is 6.67. The standard InChI is InChI=1S/C25H17NO2.C2H6/c1-3-7-22-15(4-2)19-13-18-17-12-14(27)10-11-21(17)26-20-9-6-5-8-16(20)23(24(18)26)25(19)28-22;1-2/h3-13,27H,2H2,1H3;1-2H3/b7-3-;. The number of hydrogen-bond acceptors (Lipinski definition) is 2. The van der Waals surface area contributed by atoms with Crippen LogP contribution in [0.1, 0.15) is 32.1 Å². The van der Waals surface area contributed by atoms with Crippen LogP contribution in [-0.2, 0) is 0 Å². The largest absolute Gasteiger partial charge is 0.508 e. The van der Waals surface area contributed by atoms with E-state index in [-0.39, 0.29) is 5.75 Å². The number of aromatic nitrogens is 1. The summed E-state index contributed by atoms with van der Waals surface area (Å²) in [7, 11) is 0. The molecule has 0 aliphatic carbocycles. The summed E-state index contributed by atoms with van der Waals surface area (Å²) in [5, 5.41) is 15.6. The van der Waals surface area contributed by atoms with Crippen LogP contribution in [-0.4, -0.2) is 9.51 Å². The highest BCUT2D eigenvalue weighted by atomic mass is 16.3. The maximum atomic E-state index is 10.1. The van der Waals surface area contributed by atoms with Crippen LogP contribution in [0.2, 0.25) is 0 Å². The Labute approximate surface area is 174 Å². The van der Waals surface area contributed by atoms with Crippen molar-refractivity contribution in [3.63, 3.8) is 0 Å². The van der Waals surface area contributed by atoms with Crippen LogP contribution < -0.4 is 0 Å². The molecular formula is C27H23NO2. The van der Waals surface area contributed by atoms with Crippen molar-refractivity contribution in [1.82, 2.24) is 4.40 Å². The van der Waals surface area contributed by atoms with Gasteiger partial charge in [0.2, 0.25) is 0 Å².